The van der Waals surface area contributed by atoms with E-state index < -0.39 is 66.1 Å². The fourth-order valence-corrected chi connectivity index (χ4v) is 8.62. The van der Waals surface area contributed by atoms with Gasteiger partial charge >= 0.3 is 24.2 Å². The van der Waals surface area contributed by atoms with Crippen LogP contribution in [0, 0.1) is 11.8 Å². The second kappa shape index (κ2) is 15.8. The normalized spacial score (nSPS) is 24.1. The van der Waals surface area contributed by atoms with E-state index in [1.807, 2.05) is 6.92 Å². The lowest BCUT2D eigenvalue weighted by atomic mass is 9.79. The number of hydrogen-bond acceptors (Lipinski definition) is 13. The summed E-state index contributed by atoms with van der Waals surface area (Å²) in [5.41, 5.74) is 1.22. The summed E-state index contributed by atoms with van der Waals surface area (Å²) in [4.78, 5) is 82.1. The molecule has 4 aliphatic heterocycles. The zero-order valence-corrected chi connectivity index (χ0v) is 30.3. The van der Waals surface area contributed by atoms with Crippen LogP contribution in [-0.2, 0) is 41.8 Å². The molecule has 0 unspecified atom stereocenters. The summed E-state index contributed by atoms with van der Waals surface area (Å²) in [7, 11) is 3.07. The van der Waals surface area contributed by atoms with Crippen molar-refractivity contribution >= 4 is 47.8 Å². The topological polar surface area (TPSA) is 191 Å². The van der Waals surface area contributed by atoms with Crippen molar-refractivity contribution in [2.24, 2.45) is 11.8 Å². The number of carbonyl (C=O) groups excluding carboxylic acids is 6. The number of hydrogen-bond donors (Lipinski definition) is 2. The number of methoxy groups -OCH3 is 2. The third kappa shape index (κ3) is 7.90. The van der Waals surface area contributed by atoms with Gasteiger partial charge in [-0.3, -0.25) is 14.9 Å². The van der Waals surface area contributed by atoms with Gasteiger partial charge in [-0.15, -0.1) is 11.8 Å². The number of ether oxygens (including phenoxy) is 5. The molecule has 4 heterocycles. The molecule has 3 saturated heterocycles. The number of carbonyl (C=O) groups is 6. The Bertz CT molecular complexity index is 1800. The van der Waals surface area contributed by atoms with Crippen LogP contribution in [0.1, 0.15) is 31.4 Å². The van der Waals surface area contributed by atoms with Crippen molar-refractivity contribution in [3.63, 3.8) is 0 Å². The zero-order valence-electron chi connectivity index (χ0n) is 29.5. The number of fused-ring (bicyclic) bond motifs is 1. The number of aliphatic hydroxyl groups is 1. The summed E-state index contributed by atoms with van der Waals surface area (Å²) in [6, 6.07) is 12.1. The van der Waals surface area contributed by atoms with Gasteiger partial charge in [-0.2, -0.15) is 0 Å². The molecule has 6 rings (SSSR count). The first kappa shape index (κ1) is 37.5. The molecule has 16 nitrogen and oxygen atoms in total. The second-order valence-corrected chi connectivity index (χ2v) is 14.5. The summed E-state index contributed by atoms with van der Waals surface area (Å²) >= 11 is 1.26. The Morgan fingerprint density at radius 2 is 1.55 bits per heavy atom. The van der Waals surface area contributed by atoms with Gasteiger partial charge in [-0.05, 0) is 48.7 Å². The van der Waals surface area contributed by atoms with Crippen LogP contribution < -0.4 is 14.8 Å². The molecule has 282 valence electrons. The Morgan fingerprint density at radius 3 is 2.09 bits per heavy atom. The minimum absolute atomic E-state index is 0.0290. The molecule has 2 N–H and O–H groups in total. The average Bonchev–Trinajstić information content (AvgIpc) is 3.76. The number of amides is 5. The van der Waals surface area contributed by atoms with Crippen molar-refractivity contribution < 1.29 is 57.6 Å². The molecule has 0 spiro atoms. The molecule has 0 saturated carbocycles. The van der Waals surface area contributed by atoms with Gasteiger partial charge in [0.05, 0.1) is 38.3 Å². The number of esters is 1. The van der Waals surface area contributed by atoms with Gasteiger partial charge in [0.15, 0.2) is 0 Å². The largest absolute Gasteiger partial charge is 0.516 e. The van der Waals surface area contributed by atoms with E-state index >= 15 is 0 Å². The number of aliphatic hydroxyl groups excluding tert-OH is 1. The zero-order chi connectivity index (χ0) is 38.0. The van der Waals surface area contributed by atoms with Gasteiger partial charge in [0, 0.05) is 29.2 Å². The molecule has 0 bridgehead atoms. The molecule has 0 aromatic heterocycles. The van der Waals surface area contributed by atoms with Crippen molar-refractivity contribution in [2.45, 2.75) is 56.9 Å². The van der Waals surface area contributed by atoms with Gasteiger partial charge in [-0.1, -0.05) is 31.2 Å². The minimum Gasteiger partial charge on any atom is -0.497 e. The fourth-order valence-electron chi connectivity index (χ4n) is 7.06. The number of urea groups is 1. The first-order chi connectivity index (χ1) is 25.4. The smallest absolute Gasteiger partial charge is 0.497 e. The predicted molar refractivity (Wildman–Crippen MR) is 186 cm³/mol. The van der Waals surface area contributed by atoms with Crippen molar-refractivity contribution in [1.82, 2.24) is 20.0 Å². The SMILES string of the molecule is COc1ccc(COC(=O)OC(=O)C2=C(S[C@H]3C[C@@H](CN4CC(=O)NC4=O)N(C(=O)OCc4ccc(OC)cc4)C3)[C@H](C)[C@@H]3[C@@H]([C@@H](C)O)C(=O)N23)cc1. The highest BCUT2D eigenvalue weighted by Crippen LogP contribution is 2.52. The van der Waals surface area contributed by atoms with Crippen LogP contribution in [0.25, 0.3) is 0 Å². The Morgan fingerprint density at radius 1 is 0.943 bits per heavy atom. The molecule has 53 heavy (non-hydrogen) atoms. The van der Waals surface area contributed by atoms with E-state index in [2.05, 4.69) is 5.32 Å². The van der Waals surface area contributed by atoms with Crippen LogP contribution in [0.2, 0.25) is 0 Å². The lowest BCUT2D eigenvalue weighted by Gasteiger charge is -2.46. The lowest BCUT2D eigenvalue weighted by Crippen LogP contribution is -2.63. The van der Waals surface area contributed by atoms with E-state index in [0.29, 0.717) is 28.4 Å². The standard InChI is InChI=1S/C36H40N4O12S/c1-19-29-28(20(2)41)32(43)40(29)30(33(44)52-36(47)51-18-22-7-11-25(49-4)12-8-22)31(19)53-26-13-23(14-38-16-27(42)37-34(38)45)39(15-26)35(46)50-17-21-5-9-24(48-3)10-6-21/h5-12,19-20,23,26,28-29,41H,13-18H2,1-4H3,(H,37,42,45)/t19-,20-,23+,26+,28-,29-/m1/s1. The third-order valence-corrected chi connectivity index (χ3v) is 11.2. The van der Waals surface area contributed by atoms with Gasteiger partial charge in [-0.25, -0.2) is 19.2 Å². The third-order valence-electron chi connectivity index (χ3n) is 9.72. The molecule has 2 aromatic carbocycles. The van der Waals surface area contributed by atoms with Crippen molar-refractivity contribution in [3.05, 3.63) is 70.3 Å². The number of β-lactam (4-membered cyclic amide) rings is 1. The van der Waals surface area contributed by atoms with Gasteiger partial charge in [0.25, 0.3) is 0 Å². The Labute approximate surface area is 309 Å². The molecule has 4 aliphatic rings. The van der Waals surface area contributed by atoms with Crippen LogP contribution in [0.4, 0.5) is 14.4 Å². The lowest BCUT2D eigenvalue weighted by molar-refractivity contribution is -0.163. The first-order valence-corrected chi connectivity index (χ1v) is 17.8. The maximum absolute atomic E-state index is 13.6. The molecule has 6 atom stereocenters. The summed E-state index contributed by atoms with van der Waals surface area (Å²) in [5, 5.41) is 12.3. The quantitative estimate of drug-likeness (QED) is 0.139. The number of nitrogens with zero attached hydrogens (tertiary/aromatic N) is 3. The monoisotopic (exact) mass is 752 g/mol. The van der Waals surface area contributed by atoms with Crippen LogP contribution in [-0.4, -0.2) is 113 Å². The first-order valence-electron chi connectivity index (χ1n) is 17.0. The van der Waals surface area contributed by atoms with Gasteiger partial charge in [0.1, 0.15) is 37.0 Å². The van der Waals surface area contributed by atoms with E-state index in [1.165, 1.54) is 40.5 Å². The maximum atomic E-state index is 13.6. The van der Waals surface area contributed by atoms with E-state index in [1.54, 1.807) is 55.6 Å². The van der Waals surface area contributed by atoms with Crippen molar-refractivity contribution in [1.29, 1.82) is 0 Å². The number of benzene rings is 2. The maximum Gasteiger partial charge on any atom is 0.516 e. The molecule has 0 radical (unpaired) electrons. The fraction of sp³-hybridized carbons (Fsp3) is 0.444. The minimum atomic E-state index is -1.26. The van der Waals surface area contributed by atoms with E-state index in [9.17, 15) is 33.9 Å². The molecule has 17 heteroatoms. The molecular weight excluding hydrogens is 712 g/mol. The Kier molecular flexibility index (Phi) is 11.1. The highest BCUT2D eigenvalue weighted by molar-refractivity contribution is 8.03. The van der Waals surface area contributed by atoms with E-state index in [-0.39, 0.29) is 43.8 Å². The van der Waals surface area contributed by atoms with Crippen LogP contribution in [0.5, 0.6) is 11.5 Å². The second-order valence-electron chi connectivity index (χ2n) is 13.2. The van der Waals surface area contributed by atoms with Crippen molar-refractivity contribution in [3.8, 4) is 11.5 Å². The number of likely N-dealkylation sites (tertiary alicyclic amines) is 1. The van der Waals surface area contributed by atoms with Crippen LogP contribution >= 0.6 is 11.8 Å². The van der Waals surface area contributed by atoms with Crippen LogP contribution in [0.3, 0.4) is 0 Å². The van der Waals surface area contributed by atoms with Crippen molar-refractivity contribution in [2.75, 3.05) is 33.9 Å². The summed E-state index contributed by atoms with van der Waals surface area (Å²) in [6.45, 7) is 3.14. The average molecular weight is 753 g/mol. The number of rotatable bonds is 12. The van der Waals surface area contributed by atoms with Gasteiger partial charge in [0.2, 0.25) is 11.8 Å². The molecule has 5 amide bonds. The molecule has 0 aliphatic carbocycles. The summed E-state index contributed by atoms with van der Waals surface area (Å²) < 4.78 is 26.2. The van der Waals surface area contributed by atoms with E-state index in [0.717, 1.165) is 5.56 Å². The van der Waals surface area contributed by atoms with Crippen LogP contribution in [0.15, 0.2) is 59.1 Å². The number of imide groups is 1. The molecule has 3 fully saturated rings. The summed E-state index contributed by atoms with van der Waals surface area (Å²) in [6.07, 6.45) is -2.56. The predicted octanol–water partition coefficient (Wildman–Crippen LogP) is 3.02. The molecule has 2 aromatic rings. The van der Waals surface area contributed by atoms with Gasteiger partial charge < -0.3 is 43.5 Å². The van der Waals surface area contributed by atoms with E-state index in [4.69, 9.17) is 23.7 Å². The number of nitrogens with one attached hydrogen (secondary N) is 1. The Balaban J connectivity index is 1.20. The highest BCUT2D eigenvalue weighted by Gasteiger charge is 2.61. The summed E-state index contributed by atoms with van der Waals surface area (Å²) in [5.74, 6) is -1.98. The number of thioether (sulfide) groups is 1. The molecular formula is C36H40N4O12S. The highest BCUT2D eigenvalue weighted by atomic mass is 32.2. The Hall–Kier alpha value is -5.29.